The Hall–Kier alpha value is -5.00. The Kier molecular flexibility index (Phi) is 7.66. The summed E-state index contributed by atoms with van der Waals surface area (Å²) in [6.07, 6.45) is 1.56. The number of rotatable bonds is 7. The number of halogens is 1. The minimum absolute atomic E-state index is 0.155. The number of methoxy groups -OCH3 is 1. The number of nitro groups is 1. The number of esters is 1. The van der Waals surface area contributed by atoms with Crippen molar-refractivity contribution in [3.8, 4) is 17.1 Å². The minimum Gasteiger partial charge on any atom is -0.496 e. The van der Waals surface area contributed by atoms with E-state index in [1.807, 2.05) is 36.4 Å². The van der Waals surface area contributed by atoms with Crippen molar-refractivity contribution >= 4 is 51.4 Å². The lowest BCUT2D eigenvalue weighted by molar-refractivity contribution is -0.384. The number of nitrogens with zero attached hydrogens (tertiary/aromatic N) is 3. The Morgan fingerprint density at radius 3 is 2.66 bits per heavy atom. The van der Waals surface area contributed by atoms with Crippen LogP contribution < -0.4 is 19.6 Å². The Labute approximate surface area is 258 Å². The molecule has 5 aromatic rings. The molecule has 0 aliphatic carbocycles. The van der Waals surface area contributed by atoms with Gasteiger partial charge in [0.1, 0.15) is 17.3 Å². The number of hydrogen-bond donors (Lipinski definition) is 0. The zero-order valence-electron chi connectivity index (χ0n) is 23.7. The Morgan fingerprint density at radius 2 is 1.93 bits per heavy atom. The second-order valence-electron chi connectivity index (χ2n) is 9.83. The largest absolute Gasteiger partial charge is 0.496 e. The quantitative estimate of drug-likeness (QED) is 0.127. The summed E-state index contributed by atoms with van der Waals surface area (Å²) in [4.78, 5) is 43.5. The predicted molar refractivity (Wildman–Crippen MR) is 167 cm³/mol. The number of carbonyl (C=O) groups excluding carboxylic acids is 1. The van der Waals surface area contributed by atoms with Gasteiger partial charge in [0.2, 0.25) is 0 Å². The lowest BCUT2D eigenvalue weighted by atomic mass is 9.91. The molecule has 0 saturated carbocycles. The van der Waals surface area contributed by atoms with Crippen LogP contribution in [0.15, 0.2) is 92.2 Å². The summed E-state index contributed by atoms with van der Waals surface area (Å²) >= 11 is 7.11. The molecule has 0 bridgehead atoms. The summed E-state index contributed by atoms with van der Waals surface area (Å²) in [5.74, 6) is 0.649. The molecule has 0 fully saturated rings. The molecule has 44 heavy (non-hydrogen) atoms. The first kappa shape index (κ1) is 29.1. The number of allylic oxidation sites excluding steroid dienone is 1. The SMILES string of the molecule is CCOC(=O)C1=C(C)N=c2sc(=Cc3ccc(-c4ccc(Cl)cc4[N+](=O)[O-])o3)c(=O)n2C1c1ccc(OC)c2ccccc12. The second-order valence-corrected chi connectivity index (χ2v) is 11.3. The van der Waals surface area contributed by atoms with Gasteiger partial charge in [-0.3, -0.25) is 19.5 Å². The lowest BCUT2D eigenvalue weighted by Crippen LogP contribution is -2.40. The molecule has 12 heteroatoms. The van der Waals surface area contributed by atoms with Crippen molar-refractivity contribution < 1.29 is 23.6 Å². The van der Waals surface area contributed by atoms with E-state index in [2.05, 4.69) is 4.99 Å². The molecular weight excluding hydrogens is 606 g/mol. The third kappa shape index (κ3) is 4.99. The van der Waals surface area contributed by atoms with Crippen LogP contribution in [0.4, 0.5) is 5.69 Å². The van der Waals surface area contributed by atoms with Crippen molar-refractivity contribution in [3.63, 3.8) is 0 Å². The number of ether oxygens (including phenoxy) is 2. The van der Waals surface area contributed by atoms with Gasteiger partial charge in [-0.05, 0) is 55.1 Å². The molecule has 10 nitrogen and oxygen atoms in total. The van der Waals surface area contributed by atoms with Crippen molar-refractivity contribution in [1.82, 2.24) is 4.57 Å². The van der Waals surface area contributed by atoms with Crippen LogP contribution in [-0.4, -0.2) is 29.2 Å². The van der Waals surface area contributed by atoms with Crippen LogP contribution in [-0.2, 0) is 9.53 Å². The van der Waals surface area contributed by atoms with E-state index >= 15 is 0 Å². The first-order valence-corrected chi connectivity index (χ1v) is 14.7. The summed E-state index contributed by atoms with van der Waals surface area (Å²) in [7, 11) is 1.59. The fourth-order valence-corrected chi connectivity index (χ4v) is 6.56. The molecule has 1 aliphatic heterocycles. The van der Waals surface area contributed by atoms with Crippen LogP contribution in [0.5, 0.6) is 5.75 Å². The third-order valence-corrected chi connectivity index (χ3v) is 8.49. The zero-order valence-corrected chi connectivity index (χ0v) is 25.3. The van der Waals surface area contributed by atoms with E-state index in [0.29, 0.717) is 32.1 Å². The van der Waals surface area contributed by atoms with Crippen molar-refractivity contribution in [2.45, 2.75) is 19.9 Å². The lowest BCUT2D eigenvalue weighted by Gasteiger charge is -2.26. The normalized spacial score (nSPS) is 14.8. The monoisotopic (exact) mass is 629 g/mol. The maximum atomic E-state index is 14.1. The summed E-state index contributed by atoms with van der Waals surface area (Å²) in [5.41, 5.74) is 1.08. The van der Waals surface area contributed by atoms with Crippen molar-refractivity contribution in [2.75, 3.05) is 13.7 Å². The smallest absolute Gasteiger partial charge is 0.338 e. The highest BCUT2D eigenvalue weighted by Gasteiger charge is 2.34. The molecule has 0 amide bonds. The second kappa shape index (κ2) is 11.6. The topological polar surface area (TPSA) is 126 Å². The summed E-state index contributed by atoms with van der Waals surface area (Å²) in [6.45, 7) is 3.60. The number of aromatic nitrogens is 1. The van der Waals surface area contributed by atoms with Gasteiger partial charge in [0.25, 0.3) is 11.2 Å². The fourth-order valence-electron chi connectivity index (χ4n) is 5.37. The molecular formula is C32H24ClN3O7S. The van der Waals surface area contributed by atoms with E-state index < -0.39 is 16.9 Å². The van der Waals surface area contributed by atoms with Gasteiger partial charge in [-0.15, -0.1) is 0 Å². The first-order chi connectivity index (χ1) is 21.2. The number of fused-ring (bicyclic) bond motifs is 2. The number of furan rings is 1. The molecule has 0 N–H and O–H groups in total. The van der Waals surface area contributed by atoms with Gasteiger partial charge in [0, 0.05) is 22.6 Å². The highest BCUT2D eigenvalue weighted by atomic mass is 35.5. The van der Waals surface area contributed by atoms with Gasteiger partial charge in [-0.1, -0.05) is 53.3 Å². The molecule has 3 aromatic carbocycles. The van der Waals surface area contributed by atoms with Crippen molar-refractivity contribution in [1.29, 1.82) is 0 Å². The Balaban J connectivity index is 1.53. The highest BCUT2D eigenvalue weighted by Crippen LogP contribution is 2.38. The molecule has 0 spiro atoms. The molecule has 1 unspecified atom stereocenters. The van der Waals surface area contributed by atoms with Gasteiger partial charge in [-0.2, -0.15) is 0 Å². The van der Waals surface area contributed by atoms with Crippen LogP contribution in [0.25, 0.3) is 28.2 Å². The summed E-state index contributed by atoms with van der Waals surface area (Å²) in [5, 5.41) is 13.5. The summed E-state index contributed by atoms with van der Waals surface area (Å²) < 4.78 is 18.7. The van der Waals surface area contributed by atoms with E-state index in [0.717, 1.165) is 22.1 Å². The fraction of sp³-hybridized carbons (Fsp3) is 0.156. The van der Waals surface area contributed by atoms with Crippen LogP contribution in [0.2, 0.25) is 5.02 Å². The number of nitro benzene ring substituents is 1. The third-order valence-electron chi connectivity index (χ3n) is 7.27. The minimum atomic E-state index is -0.827. The molecule has 222 valence electrons. The van der Waals surface area contributed by atoms with E-state index in [1.54, 1.807) is 39.2 Å². The van der Waals surface area contributed by atoms with E-state index in [9.17, 15) is 19.7 Å². The summed E-state index contributed by atoms with van der Waals surface area (Å²) in [6, 6.07) is 18.0. The maximum absolute atomic E-state index is 14.1. The average molecular weight is 630 g/mol. The number of carbonyl (C=O) groups is 1. The van der Waals surface area contributed by atoms with Crippen LogP contribution in [0.1, 0.15) is 31.2 Å². The van der Waals surface area contributed by atoms with E-state index in [1.165, 1.54) is 22.8 Å². The van der Waals surface area contributed by atoms with Crippen LogP contribution in [0.3, 0.4) is 0 Å². The molecule has 6 rings (SSSR count). The number of thiazole rings is 1. The molecule has 1 aliphatic rings. The average Bonchev–Trinajstić information content (AvgIpc) is 3.59. The first-order valence-electron chi connectivity index (χ1n) is 13.5. The van der Waals surface area contributed by atoms with Gasteiger partial charge in [-0.25, -0.2) is 9.79 Å². The highest BCUT2D eigenvalue weighted by molar-refractivity contribution is 7.07. The van der Waals surface area contributed by atoms with Crippen molar-refractivity contribution in [3.05, 3.63) is 124 Å². The standard InChI is InChI=1S/C32H24ClN3O7S/c1-4-42-31(38)28-17(2)34-32-35(29(28)22-12-14-25(41-3)21-8-6-5-7-20(21)22)30(37)27(44-32)16-19-10-13-26(43-19)23-11-9-18(33)15-24(23)36(39)40/h5-16,29H,4H2,1-3H3. The van der Waals surface area contributed by atoms with E-state index in [-0.39, 0.29) is 39.8 Å². The van der Waals surface area contributed by atoms with Crippen LogP contribution >= 0.6 is 22.9 Å². The Bertz CT molecular complexity index is 2200. The van der Waals surface area contributed by atoms with Gasteiger partial charge in [0.05, 0.1) is 46.0 Å². The maximum Gasteiger partial charge on any atom is 0.338 e. The number of hydrogen-bond acceptors (Lipinski definition) is 9. The van der Waals surface area contributed by atoms with Crippen molar-refractivity contribution in [2.24, 2.45) is 4.99 Å². The predicted octanol–water partition coefficient (Wildman–Crippen LogP) is 5.78. The van der Waals surface area contributed by atoms with Gasteiger partial charge in [0.15, 0.2) is 4.80 Å². The molecule has 0 radical (unpaired) electrons. The number of benzene rings is 3. The Morgan fingerprint density at radius 1 is 1.16 bits per heavy atom. The molecule has 2 aromatic heterocycles. The van der Waals surface area contributed by atoms with Gasteiger partial charge < -0.3 is 13.9 Å². The zero-order chi connectivity index (χ0) is 31.1. The van der Waals surface area contributed by atoms with E-state index in [4.69, 9.17) is 25.5 Å². The van der Waals surface area contributed by atoms with Crippen LogP contribution in [0, 0.1) is 10.1 Å². The molecule has 0 saturated heterocycles. The molecule has 1 atom stereocenters. The molecule has 3 heterocycles. The van der Waals surface area contributed by atoms with Gasteiger partial charge >= 0.3 is 5.97 Å².